The van der Waals surface area contributed by atoms with Gasteiger partial charge >= 0.3 is 0 Å². The van der Waals surface area contributed by atoms with Gasteiger partial charge in [-0.1, -0.05) is 24.3 Å². The van der Waals surface area contributed by atoms with E-state index in [-0.39, 0.29) is 12.5 Å². The molecule has 0 saturated heterocycles. The lowest BCUT2D eigenvalue weighted by Gasteiger charge is -2.08. The molecule has 0 spiro atoms. The van der Waals surface area contributed by atoms with Crippen LogP contribution in [0.4, 0.5) is 11.4 Å². The van der Waals surface area contributed by atoms with Crippen molar-refractivity contribution in [1.82, 2.24) is 0 Å². The zero-order chi connectivity index (χ0) is 13.5. The number of amides is 1. The summed E-state index contributed by atoms with van der Waals surface area (Å²) < 4.78 is 5.12. The zero-order valence-corrected chi connectivity index (χ0v) is 10.7. The Labute approximate surface area is 112 Å². The molecule has 0 atom stereocenters. The summed E-state index contributed by atoms with van der Waals surface area (Å²) in [7, 11) is 1.61. The summed E-state index contributed by atoms with van der Waals surface area (Å²) in [6.07, 6.45) is 0. The average molecular weight is 256 g/mol. The molecule has 0 heterocycles. The molecule has 1 amide bonds. The summed E-state index contributed by atoms with van der Waals surface area (Å²) in [5.41, 5.74) is 1.64. The predicted molar refractivity (Wildman–Crippen MR) is 76.6 cm³/mol. The van der Waals surface area contributed by atoms with Crippen molar-refractivity contribution in [3.05, 3.63) is 54.6 Å². The third-order valence-corrected chi connectivity index (χ3v) is 2.58. The van der Waals surface area contributed by atoms with Crippen molar-refractivity contribution in [2.24, 2.45) is 0 Å². The largest absolute Gasteiger partial charge is 0.497 e. The topological polar surface area (TPSA) is 50.4 Å². The van der Waals surface area contributed by atoms with E-state index >= 15 is 0 Å². The molecule has 0 bridgehead atoms. The van der Waals surface area contributed by atoms with Gasteiger partial charge in [0.25, 0.3) is 0 Å². The number of nitrogens with one attached hydrogen (secondary N) is 2. The van der Waals surface area contributed by atoms with Crippen LogP contribution in [0.25, 0.3) is 0 Å². The van der Waals surface area contributed by atoms with Crippen LogP contribution in [0.2, 0.25) is 0 Å². The second kappa shape index (κ2) is 6.44. The fraction of sp³-hybridized carbons (Fsp3) is 0.133. The number of rotatable bonds is 5. The van der Waals surface area contributed by atoms with E-state index in [1.165, 1.54) is 0 Å². The standard InChI is InChI=1S/C15H16N2O2/c1-19-14-9-5-8-13(10-14)16-11-15(18)17-12-6-3-2-4-7-12/h2-10,16H,11H2,1H3,(H,17,18). The minimum absolute atomic E-state index is 0.0889. The Hall–Kier alpha value is -2.49. The summed E-state index contributed by atoms with van der Waals surface area (Å²) in [6.45, 7) is 0.210. The van der Waals surface area contributed by atoms with Gasteiger partial charge in [-0.3, -0.25) is 4.79 Å². The van der Waals surface area contributed by atoms with Gasteiger partial charge in [-0.25, -0.2) is 0 Å². The Morgan fingerprint density at radius 2 is 1.79 bits per heavy atom. The van der Waals surface area contributed by atoms with E-state index in [4.69, 9.17) is 4.74 Å². The Bertz CT molecular complexity index is 541. The Kier molecular flexibility index (Phi) is 4.39. The number of para-hydroxylation sites is 1. The molecule has 0 fully saturated rings. The lowest BCUT2D eigenvalue weighted by atomic mass is 10.3. The van der Waals surface area contributed by atoms with E-state index in [2.05, 4.69) is 10.6 Å². The number of hydrogen-bond donors (Lipinski definition) is 2. The number of benzene rings is 2. The monoisotopic (exact) mass is 256 g/mol. The van der Waals surface area contributed by atoms with E-state index in [0.717, 1.165) is 17.1 Å². The van der Waals surface area contributed by atoms with Crippen molar-refractivity contribution in [2.75, 3.05) is 24.3 Å². The quantitative estimate of drug-likeness (QED) is 0.864. The molecular weight excluding hydrogens is 240 g/mol. The van der Waals surface area contributed by atoms with Gasteiger partial charge in [-0.2, -0.15) is 0 Å². The molecular formula is C15H16N2O2. The van der Waals surface area contributed by atoms with Crippen molar-refractivity contribution in [1.29, 1.82) is 0 Å². The maximum absolute atomic E-state index is 11.7. The second-order valence-electron chi connectivity index (χ2n) is 4.00. The van der Waals surface area contributed by atoms with Gasteiger partial charge in [0.05, 0.1) is 13.7 Å². The highest BCUT2D eigenvalue weighted by atomic mass is 16.5. The lowest BCUT2D eigenvalue weighted by Crippen LogP contribution is -2.21. The minimum atomic E-state index is -0.0889. The maximum atomic E-state index is 11.7. The van der Waals surface area contributed by atoms with Crippen LogP contribution in [0.5, 0.6) is 5.75 Å². The molecule has 0 aromatic heterocycles. The Morgan fingerprint density at radius 3 is 2.53 bits per heavy atom. The lowest BCUT2D eigenvalue weighted by molar-refractivity contribution is -0.114. The molecule has 0 aliphatic heterocycles. The number of ether oxygens (including phenoxy) is 1. The van der Waals surface area contributed by atoms with E-state index in [1.807, 2.05) is 54.6 Å². The highest BCUT2D eigenvalue weighted by molar-refractivity contribution is 5.93. The van der Waals surface area contributed by atoms with Crippen LogP contribution in [0.15, 0.2) is 54.6 Å². The molecule has 4 nitrogen and oxygen atoms in total. The van der Waals surface area contributed by atoms with Crippen LogP contribution < -0.4 is 15.4 Å². The number of methoxy groups -OCH3 is 1. The fourth-order valence-electron chi connectivity index (χ4n) is 1.64. The van der Waals surface area contributed by atoms with Gasteiger partial charge < -0.3 is 15.4 Å². The summed E-state index contributed by atoms with van der Waals surface area (Å²) in [6, 6.07) is 16.8. The van der Waals surface area contributed by atoms with Crippen LogP contribution in [-0.4, -0.2) is 19.6 Å². The molecule has 98 valence electrons. The minimum Gasteiger partial charge on any atom is -0.497 e. The van der Waals surface area contributed by atoms with Crippen molar-refractivity contribution >= 4 is 17.3 Å². The third kappa shape index (κ3) is 4.03. The summed E-state index contributed by atoms with van der Waals surface area (Å²) in [4.78, 5) is 11.7. The fourth-order valence-corrected chi connectivity index (χ4v) is 1.64. The van der Waals surface area contributed by atoms with Crippen molar-refractivity contribution in [2.45, 2.75) is 0 Å². The van der Waals surface area contributed by atoms with Crippen molar-refractivity contribution in [3.8, 4) is 5.75 Å². The summed E-state index contributed by atoms with van der Waals surface area (Å²) >= 11 is 0. The summed E-state index contributed by atoms with van der Waals surface area (Å²) in [5, 5.41) is 5.86. The van der Waals surface area contributed by atoms with Crippen LogP contribution in [0.1, 0.15) is 0 Å². The first-order valence-electron chi connectivity index (χ1n) is 6.01. The molecule has 2 N–H and O–H groups in total. The molecule has 0 radical (unpaired) electrons. The van der Waals surface area contributed by atoms with Gasteiger partial charge in [0.15, 0.2) is 0 Å². The van der Waals surface area contributed by atoms with Crippen LogP contribution in [-0.2, 0) is 4.79 Å². The van der Waals surface area contributed by atoms with E-state index in [1.54, 1.807) is 7.11 Å². The number of carbonyl (C=O) groups is 1. The predicted octanol–water partition coefficient (Wildman–Crippen LogP) is 2.75. The normalized spacial score (nSPS) is 9.74. The van der Waals surface area contributed by atoms with E-state index in [0.29, 0.717) is 0 Å². The molecule has 19 heavy (non-hydrogen) atoms. The molecule has 0 unspecified atom stereocenters. The smallest absolute Gasteiger partial charge is 0.243 e. The molecule has 0 saturated carbocycles. The molecule has 2 aromatic rings. The van der Waals surface area contributed by atoms with Gasteiger partial charge in [0, 0.05) is 17.4 Å². The second-order valence-corrected chi connectivity index (χ2v) is 4.00. The average Bonchev–Trinajstić information content (AvgIpc) is 2.46. The highest BCUT2D eigenvalue weighted by Gasteiger charge is 2.02. The maximum Gasteiger partial charge on any atom is 0.243 e. The highest BCUT2D eigenvalue weighted by Crippen LogP contribution is 2.16. The Morgan fingerprint density at radius 1 is 1.05 bits per heavy atom. The third-order valence-electron chi connectivity index (χ3n) is 2.58. The number of carbonyl (C=O) groups excluding carboxylic acids is 1. The SMILES string of the molecule is COc1cccc(NCC(=O)Nc2ccccc2)c1. The van der Waals surface area contributed by atoms with Gasteiger partial charge in [-0.15, -0.1) is 0 Å². The molecule has 2 aromatic carbocycles. The molecule has 0 aliphatic rings. The molecule has 0 aliphatic carbocycles. The number of hydrogen-bond acceptors (Lipinski definition) is 3. The molecule has 4 heteroatoms. The van der Waals surface area contributed by atoms with Gasteiger partial charge in [0.1, 0.15) is 5.75 Å². The van der Waals surface area contributed by atoms with E-state index in [9.17, 15) is 4.79 Å². The number of anilines is 2. The van der Waals surface area contributed by atoms with Crippen LogP contribution >= 0.6 is 0 Å². The van der Waals surface area contributed by atoms with Gasteiger partial charge in [0.2, 0.25) is 5.91 Å². The Balaban J connectivity index is 1.86. The zero-order valence-electron chi connectivity index (χ0n) is 10.7. The first-order chi connectivity index (χ1) is 9.28. The van der Waals surface area contributed by atoms with Crippen molar-refractivity contribution in [3.63, 3.8) is 0 Å². The van der Waals surface area contributed by atoms with Gasteiger partial charge in [-0.05, 0) is 24.3 Å². The first-order valence-corrected chi connectivity index (χ1v) is 6.01. The van der Waals surface area contributed by atoms with Crippen molar-refractivity contribution < 1.29 is 9.53 Å². The summed E-state index contributed by atoms with van der Waals surface area (Å²) in [5.74, 6) is 0.669. The van der Waals surface area contributed by atoms with E-state index < -0.39 is 0 Å². The molecule has 2 rings (SSSR count). The van der Waals surface area contributed by atoms with Crippen LogP contribution in [0, 0.1) is 0 Å². The first kappa shape index (κ1) is 13.0. The van der Waals surface area contributed by atoms with Crippen LogP contribution in [0.3, 0.4) is 0 Å².